The molecule has 2 nitrogen and oxygen atoms in total. The van der Waals surface area contributed by atoms with E-state index in [9.17, 15) is 13.6 Å². The highest BCUT2D eigenvalue weighted by molar-refractivity contribution is 7.99. The van der Waals surface area contributed by atoms with Crippen molar-refractivity contribution in [1.29, 1.82) is 0 Å². The maximum atomic E-state index is 13.1. The third-order valence-electron chi connectivity index (χ3n) is 3.49. The molecule has 0 aliphatic heterocycles. The number of thioether (sulfide) groups is 1. The molecule has 0 aliphatic rings. The molecule has 1 amide bonds. The first-order chi connectivity index (χ1) is 11.0. The van der Waals surface area contributed by atoms with Gasteiger partial charge in [-0.25, -0.2) is 8.78 Å². The molecule has 5 heteroatoms. The fraction of sp³-hybridized carbons (Fsp3) is 0.278. The summed E-state index contributed by atoms with van der Waals surface area (Å²) in [7, 11) is 0. The van der Waals surface area contributed by atoms with E-state index >= 15 is 0 Å². The summed E-state index contributed by atoms with van der Waals surface area (Å²) in [6, 6.07) is 9.69. The minimum Gasteiger partial charge on any atom is -0.326 e. The molecular formula is C18H19F2NOS. The lowest BCUT2D eigenvalue weighted by atomic mass is 10.1. The summed E-state index contributed by atoms with van der Waals surface area (Å²) in [6.45, 7) is 4.01. The summed E-state index contributed by atoms with van der Waals surface area (Å²) in [5, 5.41) is 2.95. The monoisotopic (exact) mass is 335 g/mol. The lowest BCUT2D eigenvalue weighted by Crippen LogP contribution is -2.14. The highest BCUT2D eigenvalue weighted by atomic mass is 32.2. The van der Waals surface area contributed by atoms with Gasteiger partial charge >= 0.3 is 0 Å². The van der Waals surface area contributed by atoms with Gasteiger partial charge in [0.1, 0.15) is 0 Å². The molecule has 0 fully saturated rings. The maximum absolute atomic E-state index is 13.1. The first-order valence-corrected chi connectivity index (χ1v) is 8.46. The van der Waals surface area contributed by atoms with Crippen molar-refractivity contribution < 1.29 is 13.6 Å². The highest BCUT2D eigenvalue weighted by Crippen LogP contribution is 2.23. The van der Waals surface area contributed by atoms with Crippen molar-refractivity contribution in [3.05, 3.63) is 59.2 Å². The molecule has 0 radical (unpaired) electrons. The van der Waals surface area contributed by atoms with Crippen LogP contribution in [0, 0.1) is 18.6 Å². The van der Waals surface area contributed by atoms with Crippen LogP contribution in [-0.4, -0.2) is 11.7 Å². The number of carbonyl (C=O) groups is 1. The van der Waals surface area contributed by atoms with Crippen LogP contribution in [0.25, 0.3) is 0 Å². The number of rotatable bonds is 6. The van der Waals surface area contributed by atoms with E-state index in [-0.39, 0.29) is 5.91 Å². The minimum absolute atomic E-state index is 0.0796. The van der Waals surface area contributed by atoms with Gasteiger partial charge in [-0.2, -0.15) is 0 Å². The van der Waals surface area contributed by atoms with Crippen LogP contribution in [0.2, 0.25) is 0 Å². The topological polar surface area (TPSA) is 29.1 Å². The van der Waals surface area contributed by atoms with Gasteiger partial charge in [-0.3, -0.25) is 4.79 Å². The third-order valence-corrected chi connectivity index (χ3v) is 4.49. The molecular weight excluding hydrogens is 316 g/mol. The lowest BCUT2D eigenvalue weighted by molar-refractivity contribution is -0.115. The van der Waals surface area contributed by atoms with Gasteiger partial charge < -0.3 is 5.32 Å². The van der Waals surface area contributed by atoms with Crippen molar-refractivity contribution in [2.75, 3.05) is 11.1 Å². The predicted octanol–water partition coefficient (Wildman–Crippen LogP) is 4.96. The maximum Gasteiger partial charge on any atom is 0.225 e. The van der Waals surface area contributed by atoms with Crippen molar-refractivity contribution in [2.45, 2.75) is 31.6 Å². The zero-order valence-corrected chi connectivity index (χ0v) is 14.0. The summed E-state index contributed by atoms with van der Waals surface area (Å²) >= 11 is 1.33. The second-order valence-electron chi connectivity index (χ2n) is 5.19. The van der Waals surface area contributed by atoms with Crippen molar-refractivity contribution in [3.63, 3.8) is 0 Å². The molecule has 0 aromatic heterocycles. The molecule has 0 unspecified atom stereocenters. The predicted molar refractivity (Wildman–Crippen MR) is 90.9 cm³/mol. The third kappa shape index (κ3) is 4.79. The average Bonchev–Trinajstić information content (AvgIpc) is 2.53. The zero-order valence-electron chi connectivity index (χ0n) is 13.2. The van der Waals surface area contributed by atoms with Gasteiger partial charge in [0.15, 0.2) is 11.6 Å². The number of carbonyl (C=O) groups excluding carboxylic acids is 1. The van der Waals surface area contributed by atoms with Crippen LogP contribution in [0.5, 0.6) is 0 Å². The van der Waals surface area contributed by atoms with E-state index < -0.39 is 11.6 Å². The SMILES string of the molecule is CCc1cccc(C)c1NC(=O)CCSc1ccc(F)c(F)c1. The van der Waals surface area contributed by atoms with E-state index in [0.717, 1.165) is 35.4 Å². The lowest BCUT2D eigenvalue weighted by Gasteiger charge is -2.12. The Morgan fingerprint density at radius 1 is 1.17 bits per heavy atom. The number of halogens is 2. The van der Waals surface area contributed by atoms with Crippen LogP contribution in [-0.2, 0) is 11.2 Å². The largest absolute Gasteiger partial charge is 0.326 e. The van der Waals surface area contributed by atoms with Gasteiger partial charge in [0.05, 0.1) is 0 Å². The molecule has 0 saturated carbocycles. The number of aryl methyl sites for hydroxylation is 2. The van der Waals surface area contributed by atoms with Gasteiger partial charge in [-0.05, 0) is 42.7 Å². The molecule has 0 heterocycles. The zero-order chi connectivity index (χ0) is 16.8. The second-order valence-corrected chi connectivity index (χ2v) is 6.35. The smallest absolute Gasteiger partial charge is 0.225 e. The average molecular weight is 335 g/mol. The molecule has 0 spiro atoms. The van der Waals surface area contributed by atoms with E-state index in [1.807, 2.05) is 32.0 Å². The van der Waals surface area contributed by atoms with E-state index in [4.69, 9.17) is 0 Å². The Morgan fingerprint density at radius 3 is 2.65 bits per heavy atom. The number of nitrogens with one attached hydrogen (secondary N) is 1. The summed E-state index contributed by atoms with van der Waals surface area (Å²) in [4.78, 5) is 12.7. The Labute approximate surface area is 139 Å². The molecule has 0 bridgehead atoms. The summed E-state index contributed by atoms with van der Waals surface area (Å²) in [5.74, 6) is -1.31. The van der Waals surface area contributed by atoms with Crippen molar-refractivity contribution >= 4 is 23.4 Å². The molecule has 2 aromatic rings. The summed E-state index contributed by atoms with van der Waals surface area (Å²) in [5.41, 5.74) is 3.01. The molecule has 2 rings (SSSR count). The van der Waals surface area contributed by atoms with Crippen LogP contribution < -0.4 is 5.32 Å². The Morgan fingerprint density at radius 2 is 1.96 bits per heavy atom. The summed E-state index contributed by atoms with van der Waals surface area (Å²) in [6.07, 6.45) is 1.15. The standard InChI is InChI=1S/C18H19F2NOS/c1-3-13-6-4-5-12(2)18(13)21-17(22)9-10-23-14-7-8-15(19)16(20)11-14/h4-8,11H,3,9-10H2,1-2H3,(H,21,22). The van der Waals surface area contributed by atoms with Crippen LogP contribution in [0.3, 0.4) is 0 Å². The van der Waals surface area contributed by atoms with Crippen LogP contribution >= 0.6 is 11.8 Å². The van der Waals surface area contributed by atoms with E-state index in [1.54, 1.807) is 0 Å². The number of hydrogen-bond acceptors (Lipinski definition) is 2. The van der Waals surface area contributed by atoms with Crippen molar-refractivity contribution in [3.8, 4) is 0 Å². The van der Waals surface area contributed by atoms with E-state index in [0.29, 0.717) is 17.1 Å². The first-order valence-electron chi connectivity index (χ1n) is 7.47. The van der Waals surface area contributed by atoms with Crippen LogP contribution in [0.15, 0.2) is 41.3 Å². The Bertz CT molecular complexity index is 703. The normalized spacial score (nSPS) is 10.6. The van der Waals surface area contributed by atoms with Crippen molar-refractivity contribution in [2.24, 2.45) is 0 Å². The quantitative estimate of drug-likeness (QED) is 0.756. The van der Waals surface area contributed by atoms with Crippen molar-refractivity contribution in [1.82, 2.24) is 0 Å². The van der Waals surface area contributed by atoms with Gasteiger partial charge in [-0.1, -0.05) is 25.1 Å². The molecule has 2 aromatic carbocycles. The van der Waals surface area contributed by atoms with Gasteiger partial charge in [0, 0.05) is 22.8 Å². The number of hydrogen-bond donors (Lipinski definition) is 1. The van der Waals surface area contributed by atoms with E-state index in [1.165, 1.54) is 17.8 Å². The molecule has 0 saturated heterocycles. The molecule has 1 N–H and O–H groups in total. The van der Waals surface area contributed by atoms with Gasteiger partial charge in [0.2, 0.25) is 5.91 Å². The number of anilines is 1. The highest BCUT2D eigenvalue weighted by Gasteiger charge is 2.09. The number of amides is 1. The second kappa shape index (κ2) is 8.11. The molecule has 122 valence electrons. The van der Waals surface area contributed by atoms with Crippen LogP contribution in [0.1, 0.15) is 24.5 Å². The summed E-state index contributed by atoms with van der Waals surface area (Å²) < 4.78 is 26.0. The molecule has 0 atom stereocenters. The Balaban J connectivity index is 1.89. The van der Waals surface area contributed by atoms with Gasteiger partial charge in [0.25, 0.3) is 0 Å². The number of benzene rings is 2. The number of para-hydroxylation sites is 1. The van der Waals surface area contributed by atoms with Gasteiger partial charge in [-0.15, -0.1) is 11.8 Å². The Hall–Kier alpha value is -1.88. The van der Waals surface area contributed by atoms with E-state index in [2.05, 4.69) is 5.32 Å². The minimum atomic E-state index is -0.869. The molecule has 0 aliphatic carbocycles. The fourth-order valence-corrected chi connectivity index (χ4v) is 3.11. The van der Waals surface area contributed by atoms with Crippen LogP contribution in [0.4, 0.5) is 14.5 Å². The molecule has 23 heavy (non-hydrogen) atoms. The first kappa shape index (κ1) is 17.5. The fourth-order valence-electron chi connectivity index (χ4n) is 2.23. The Kier molecular flexibility index (Phi) is 6.16.